The number of allylic oxidation sites excluding steroid dienone is 1. The van der Waals surface area contributed by atoms with Gasteiger partial charge in [-0.25, -0.2) is 4.79 Å². The van der Waals surface area contributed by atoms with Crippen LogP contribution < -0.4 is 10.7 Å². The maximum atomic E-state index is 11.9. The van der Waals surface area contributed by atoms with Gasteiger partial charge in [0.1, 0.15) is 18.4 Å². The predicted octanol–water partition coefficient (Wildman–Crippen LogP) is 1.23. The molecule has 0 bridgehead atoms. The second-order valence-electron chi connectivity index (χ2n) is 4.52. The molecular weight excluding hydrogens is 270 g/mol. The van der Waals surface area contributed by atoms with E-state index in [2.05, 4.69) is 5.10 Å². The highest BCUT2D eigenvalue weighted by atomic mass is 16.5. The summed E-state index contributed by atoms with van der Waals surface area (Å²) in [4.78, 5) is 23.5. The van der Waals surface area contributed by atoms with Crippen LogP contribution in [0, 0.1) is 0 Å². The van der Waals surface area contributed by atoms with Gasteiger partial charge in [-0.15, -0.1) is 0 Å². The zero-order chi connectivity index (χ0) is 15.2. The first-order chi connectivity index (χ1) is 10.1. The van der Waals surface area contributed by atoms with Crippen LogP contribution in [0.15, 0.2) is 47.6 Å². The van der Waals surface area contributed by atoms with Crippen molar-refractivity contribution in [2.24, 2.45) is 10.8 Å². The van der Waals surface area contributed by atoms with Crippen LogP contribution in [-0.4, -0.2) is 30.2 Å². The molecule has 1 aromatic rings. The quantitative estimate of drug-likeness (QED) is 0.652. The lowest BCUT2D eigenvalue weighted by Gasteiger charge is -2.20. The molecule has 0 aromatic heterocycles. The topological polar surface area (TPSA) is 85.0 Å². The highest BCUT2D eigenvalue weighted by Gasteiger charge is 2.35. The van der Waals surface area contributed by atoms with Gasteiger partial charge in [-0.3, -0.25) is 9.80 Å². The summed E-state index contributed by atoms with van der Waals surface area (Å²) in [6.07, 6.45) is 3.65. The fourth-order valence-corrected chi connectivity index (χ4v) is 1.98. The molecule has 2 N–H and O–H groups in total. The molecule has 1 heterocycles. The molecule has 110 valence electrons. The molecule has 1 aliphatic rings. The van der Waals surface area contributed by atoms with Crippen molar-refractivity contribution in [3.63, 3.8) is 0 Å². The SMILES string of the molecule is C/C=C/COC(=O)C1=NN(c2ccccc2)[C@H](C(N)=O)C1. The maximum absolute atomic E-state index is 11.9. The summed E-state index contributed by atoms with van der Waals surface area (Å²) in [5, 5.41) is 5.66. The third kappa shape index (κ3) is 3.47. The van der Waals surface area contributed by atoms with Gasteiger partial charge in [0.05, 0.1) is 5.69 Å². The number of esters is 1. The fourth-order valence-electron chi connectivity index (χ4n) is 1.98. The average Bonchev–Trinajstić information content (AvgIpc) is 2.94. The number of anilines is 1. The van der Waals surface area contributed by atoms with Crippen molar-refractivity contribution in [3.05, 3.63) is 42.5 Å². The highest BCUT2D eigenvalue weighted by molar-refractivity contribution is 6.38. The minimum absolute atomic E-state index is 0.152. The van der Waals surface area contributed by atoms with E-state index in [0.29, 0.717) is 5.69 Å². The smallest absolute Gasteiger partial charge is 0.354 e. The van der Waals surface area contributed by atoms with E-state index >= 15 is 0 Å². The van der Waals surface area contributed by atoms with Crippen molar-refractivity contribution < 1.29 is 14.3 Å². The van der Waals surface area contributed by atoms with Gasteiger partial charge in [0.15, 0.2) is 0 Å². The van der Waals surface area contributed by atoms with E-state index in [0.717, 1.165) is 0 Å². The van der Waals surface area contributed by atoms with Gasteiger partial charge in [-0.05, 0) is 19.1 Å². The molecule has 0 radical (unpaired) electrons. The first-order valence-electron chi connectivity index (χ1n) is 6.63. The lowest BCUT2D eigenvalue weighted by atomic mass is 10.1. The minimum atomic E-state index is -0.670. The summed E-state index contributed by atoms with van der Waals surface area (Å²) in [5.41, 5.74) is 6.30. The number of amides is 1. The number of primary amides is 1. The van der Waals surface area contributed by atoms with Crippen molar-refractivity contribution in [1.82, 2.24) is 0 Å². The second kappa shape index (κ2) is 6.69. The second-order valence-corrected chi connectivity index (χ2v) is 4.52. The van der Waals surface area contributed by atoms with Crippen LogP contribution in [0.5, 0.6) is 0 Å². The first kappa shape index (κ1) is 14.8. The van der Waals surface area contributed by atoms with E-state index in [-0.39, 0.29) is 18.7 Å². The lowest BCUT2D eigenvalue weighted by molar-refractivity contribution is -0.134. The summed E-state index contributed by atoms with van der Waals surface area (Å²) < 4.78 is 5.04. The van der Waals surface area contributed by atoms with E-state index in [4.69, 9.17) is 10.5 Å². The number of benzene rings is 1. The molecule has 0 saturated carbocycles. The highest BCUT2D eigenvalue weighted by Crippen LogP contribution is 2.24. The molecule has 6 heteroatoms. The Morgan fingerprint density at radius 3 is 2.76 bits per heavy atom. The molecule has 0 aliphatic carbocycles. The minimum Gasteiger partial charge on any atom is -0.457 e. The first-order valence-corrected chi connectivity index (χ1v) is 6.63. The molecule has 0 fully saturated rings. The number of hydrogen-bond acceptors (Lipinski definition) is 5. The molecular formula is C15H17N3O3. The summed E-state index contributed by atoms with van der Waals surface area (Å²) in [7, 11) is 0. The Bertz CT molecular complexity index is 581. The maximum Gasteiger partial charge on any atom is 0.354 e. The summed E-state index contributed by atoms with van der Waals surface area (Å²) in [6, 6.07) is 8.43. The number of hydrogen-bond donors (Lipinski definition) is 1. The zero-order valence-corrected chi connectivity index (χ0v) is 11.7. The van der Waals surface area contributed by atoms with Crippen molar-refractivity contribution in [1.29, 1.82) is 0 Å². The number of nitrogens with two attached hydrogens (primary N) is 1. The van der Waals surface area contributed by atoms with Gasteiger partial charge in [-0.1, -0.05) is 30.4 Å². The van der Waals surface area contributed by atoms with Crippen molar-refractivity contribution >= 4 is 23.3 Å². The normalized spacial score (nSPS) is 17.9. The molecule has 2 rings (SSSR count). The van der Waals surface area contributed by atoms with Crippen LogP contribution >= 0.6 is 0 Å². The van der Waals surface area contributed by atoms with Gasteiger partial charge in [0.2, 0.25) is 5.91 Å². The average molecular weight is 287 g/mol. The van der Waals surface area contributed by atoms with Gasteiger partial charge in [0.25, 0.3) is 0 Å². The molecule has 1 atom stereocenters. The van der Waals surface area contributed by atoms with Crippen LogP contribution in [0.25, 0.3) is 0 Å². The van der Waals surface area contributed by atoms with Crippen LogP contribution in [0.1, 0.15) is 13.3 Å². The molecule has 1 aromatic carbocycles. The molecule has 21 heavy (non-hydrogen) atoms. The van der Waals surface area contributed by atoms with E-state index in [1.54, 1.807) is 24.3 Å². The number of rotatable bonds is 5. The van der Waals surface area contributed by atoms with Crippen LogP contribution in [-0.2, 0) is 14.3 Å². The Hall–Kier alpha value is -2.63. The van der Waals surface area contributed by atoms with Crippen molar-refractivity contribution in [3.8, 4) is 0 Å². The van der Waals surface area contributed by atoms with Crippen LogP contribution in [0.2, 0.25) is 0 Å². The fraction of sp³-hybridized carbons (Fsp3) is 0.267. The monoisotopic (exact) mass is 287 g/mol. The van der Waals surface area contributed by atoms with E-state index in [1.165, 1.54) is 5.01 Å². The summed E-state index contributed by atoms with van der Waals surface area (Å²) in [6.45, 7) is 2.02. The third-order valence-electron chi connectivity index (χ3n) is 3.04. The number of carbonyl (C=O) groups excluding carboxylic acids is 2. The molecule has 1 aliphatic heterocycles. The van der Waals surface area contributed by atoms with Gasteiger partial charge in [0, 0.05) is 6.42 Å². The zero-order valence-electron chi connectivity index (χ0n) is 11.7. The summed E-state index contributed by atoms with van der Waals surface area (Å²) in [5.74, 6) is -1.06. The molecule has 6 nitrogen and oxygen atoms in total. The lowest BCUT2D eigenvalue weighted by Crippen LogP contribution is -2.39. The Kier molecular flexibility index (Phi) is 4.71. The van der Waals surface area contributed by atoms with Gasteiger partial charge in [-0.2, -0.15) is 5.10 Å². The van der Waals surface area contributed by atoms with E-state index in [1.807, 2.05) is 25.1 Å². The number of nitrogens with zero attached hydrogens (tertiary/aromatic N) is 2. The van der Waals surface area contributed by atoms with Crippen molar-refractivity contribution in [2.75, 3.05) is 11.6 Å². The third-order valence-corrected chi connectivity index (χ3v) is 3.04. The van der Waals surface area contributed by atoms with Crippen molar-refractivity contribution in [2.45, 2.75) is 19.4 Å². The van der Waals surface area contributed by atoms with Gasteiger partial charge < -0.3 is 10.5 Å². The van der Waals surface area contributed by atoms with Crippen LogP contribution in [0.4, 0.5) is 5.69 Å². The number of ether oxygens (including phenoxy) is 1. The standard InChI is InChI=1S/C15H17N3O3/c1-2-3-9-21-15(20)12-10-13(14(16)19)18(17-12)11-7-5-4-6-8-11/h2-8,13H,9-10H2,1H3,(H2,16,19)/b3-2+/t13-/m0/s1. The number of hydrazone groups is 1. The van der Waals surface area contributed by atoms with E-state index in [9.17, 15) is 9.59 Å². The molecule has 0 spiro atoms. The Labute approximate surface area is 122 Å². The number of carbonyl (C=O) groups is 2. The van der Waals surface area contributed by atoms with E-state index < -0.39 is 17.9 Å². The Balaban J connectivity index is 2.17. The molecule has 1 amide bonds. The molecule has 0 saturated heterocycles. The van der Waals surface area contributed by atoms with Gasteiger partial charge >= 0.3 is 5.97 Å². The van der Waals surface area contributed by atoms with Crippen LogP contribution in [0.3, 0.4) is 0 Å². The largest absolute Gasteiger partial charge is 0.457 e. The Morgan fingerprint density at radius 1 is 1.43 bits per heavy atom. The number of para-hydroxylation sites is 1. The predicted molar refractivity (Wildman–Crippen MR) is 79.7 cm³/mol. The Morgan fingerprint density at radius 2 is 2.14 bits per heavy atom. The molecule has 0 unspecified atom stereocenters. The summed E-state index contributed by atoms with van der Waals surface area (Å²) >= 11 is 0.